The molecule has 18 heavy (non-hydrogen) atoms. The van der Waals surface area contributed by atoms with Crippen LogP contribution in [0.4, 0.5) is 0 Å². The molecule has 0 saturated heterocycles. The Hall–Kier alpha value is -0.770. The van der Waals surface area contributed by atoms with Crippen molar-refractivity contribution in [2.24, 2.45) is 5.73 Å². The summed E-state index contributed by atoms with van der Waals surface area (Å²) in [6.45, 7) is 5.99. The average molecular weight is 272 g/mol. The number of rotatable bonds is 8. The number of hydrogen-bond acceptors (Lipinski definition) is 3. The predicted molar refractivity (Wildman–Crippen MR) is 75.4 cm³/mol. The van der Waals surface area contributed by atoms with Gasteiger partial charge in [0, 0.05) is 24.1 Å². The highest BCUT2D eigenvalue weighted by atomic mass is 35.5. The molecule has 1 unspecified atom stereocenters. The maximum atomic E-state index is 5.88. The molecule has 2 N–H and O–H groups in total. The van der Waals surface area contributed by atoms with Crippen molar-refractivity contribution in [1.82, 2.24) is 0 Å². The largest absolute Gasteiger partial charge is 0.493 e. The van der Waals surface area contributed by atoms with Crippen molar-refractivity contribution in [3.63, 3.8) is 0 Å². The number of nitrogens with two attached hydrogens (primary N) is 1. The molecule has 0 aliphatic heterocycles. The first kappa shape index (κ1) is 15.3. The normalized spacial score (nSPS) is 12.4. The van der Waals surface area contributed by atoms with Gasteiger partial charge in [0.2, 0.25) is 0 Å². The summed E-state index contributed by atoms with van der Waals surface area (Å²) >= 11 is 5.88. The van der Waals surface area contributed by atoms with Crippen LogP contribution in [-0.2, 0) is 4.74 Å². The average Bonchev–Trinajstić information content (AvgIpc) is 2.35. The van der Waals surface area contributed by atoms with Crippen LogP contribution in [-0.4, -0.2) is 25.9 Å². The Balaban J connectivity index is 2.14. The third-order valence-corrected chi connectivity index (χ3v) is 2.92. The van der Waals surface area contributed by atoms with Gasteiger partial charge in [-0.3, -0.25) is 0 Å². The molecule has 0 aliphatic carbocycles. The number of aryl methyl sites for hydroxylation is 1. The topological polar surface area (TPSA) is 44.5 Å². The van der Waals surface area contributed by atoms with Gasteiger partial charge < -0.3 is 15.2 Å². The van der Waals surface area contributed by atoms with Crippen LogP contribution in [0.5, 0.6) is 5.75 Å². The summed E-state index contributed by atoms with van der Waals surface area (Å²) < 4.78 is 11.1. The molecule has 102 valence electrons. The number of halogens is 1. The molecule has 0 fully saturated rings. The van der Waals surface area contributed by atoms with E-state index in [4.69, 9.17) is 26.8 Å². The standard InChI is InChI=1S/C14H22ClNO2/c1-3-13(16)10-17-7-4-8-18-14-6-5-12(15)9-11(14)2/h5-6,9,13H,3-4,7-8,10,16H2,1-2H3. The molecule has 0 aromatic heterocycles. The molecule has 1 aromatic rings. The molecule has 1 aromatic carbocycles. The number of hydrogen-bond donors (Lipinski definition) is 1. The highest BCUT2D eigenvalue weighted by Crippen LogP contribution is 2.21. The van der Waals surface area contributed by atoms with Crippen LogP contribution in [0, 0.1) is 6.92 Å². The molecule has 3 nitrogen and oxygen atoms in total. The first-order chi connectivity index (χ1) is 8.63. The maximum Gasteiger partial charge on any atom is 0.122 e. The summed E-state index contributed by atoms with van der Waals surface area (Å²) in [5.74, 6) is 0.879. The van der Waals surface area contributed by atoms with Gasteiger partial charge in [-0.2, -0.15) is 0 Å². The van der Waals surface area contributed by atoms with E-state index >= 15 is 0 Å². The summed E-state index contributed by atoms with van der Waals surface area (Å²) in [4.78, 5) is 0. The monoisotopic (exact) mass is 271 g/mol. The van der Waals surface area contributed by atoms with Crippen LogP contribution in [0.3, 0.4) is 0 Å². The fourth-order valence-electron chi connectivity index (χ4n) is 1.47. The van der Waals surface area contributed by atoms with E-state index in [-0.39, 0.29) is 6.04 Å². The van der Waals surface area contributed by atoms with E-state index in [9.17, 15) is 0 Å². The van der Waals surface area contributed by atoms with E-state index in [1.807, 2.05) is 25.1 Å². The summed E-state index contributed by atoms with van der Waals surface area (Å²) in [5.41, 5.74) is 6.80. The van der Waals surface area contributed by atoms with E-state index in [1.165, 1.54) is 0 Å². The first-order valence-corrected chi connectivity index (χ1v) is 6.73. The second-order valence-corrected chi connectivity index (χ2v) is 4.79. The van der Waals surface area contributed by atoms with Gasteiger partial charge in [0.15, 0.2) is 0 Å². The molecule has 1 atom stereocenters. The Morgan fingerprint density at radius 1 is 1.33 bits per heavy atom. The van der Waals surface area contributed by atoms with Crippen LogP contribution in [0.2, 0.25) is 5.02 Å². The Morgan fingerprint density at radius 2 is 2.11 bits per heavy atom. The fraction of sp³-hybridized carbons (Fsp3) is 0.571. The highest BCUT2D eigenvalue weighted by Gasteiger charge is 2.01. The van der Waals surface area contributed by atoms with Crippen LogP contribution >= 0.6 is 11.6 Å². The van der Waals surface area contributed by atoms with Crippen molar-refractivity contribution >= 4 is 11.6 Å². The van der Waals surface area contributed by atoms with Crippen molar-refractivity contribution in [3.05, 3.63) is 28.8 Å². The third kappa shape index (κ3) is 5.71. The molecule has 0 aliphatic rings. The SMILES string of the molecule is CCC(N)COCCCOc1ccc(Cl)cc1C. The van der Waals surface area contributed by atoms with E-state index in [0.717, 1.165) is 29.2 Å². The van der Waals surface area contributed by atoms with Gasteiger partial charge in [-0.15, -0.1) is 0 Å². The molecule has 0 amide bonds. The molecule has 0 saturated carbocycles. The van der Waals surface area contributed by atoms with Crippen molar-refractivity contribution in [2.45, 2.75) is 32.7 Å². The Labute approximate surface area is 114 Å². The minimum Gasteiger partial charge on any atom is -0.493 e. The summed E-state index contributed by atoms with van der Waals surface area (Å²) in [5, 5.41) is 0.733. The van der Waals surface area contributed by atoms with E-state index in [1.54, 1.807) is 0 Å². The highest BCUT2D eigenvalue weighted by molar-refractivity contribution is 6.30. The van der Waals surface area contributed by atoms with Gasteiger partial charge in [0.05, 0.1) is 13.2 Å². The molecule has 0 bridgehead atoms. The van der Waals surface area contributed by atoms with Crippen molar-refractivity contribution in [1.29, 1.82) is 0 Å². The molecule has 0 radical (unpaired) electrons. The van der Waals surface area contributed by atoms with Crippen molar-refractivity contribution in [3.8, 4) is 5.75 Å². The Morgan fingerprint density at radius 3 is 2.78 bits per heavy atom. The molecular formula is C14H22ClNO2. The van der Waals surface area contributed by atoms with Gasteiger partial charge in [-0.25, -0.2) is 0 Å². The second kappa shape index (κ2) is 8.35. The zero-order valence-corrected chi connectivity index (χ0v) is 11.9. The summed E-state index contributed by atoms with van der Waals surface area (Å²) in [7, 11) is 0. The lowest BCUT2D eigenvalue weighted by molar-refractivity contribution is 0.107. The second-order valence-electron chi connectivity index (χ2n) is 4.36. The van der Waals surface area contributed by atoms with Crippen LogP contribution in [0.15, 0.2) is 18.2 Å². The summed E-state index contributed by atoms with van der Waals surface area (Å²) in [6, 6.07) is 5.77. The van der Waals surface area contributed by atoms with Crippen molar-refractivity contribution < 1.29 is 9.47 Å². The lowest BCUT2D eigenvalue weighted by Gasteiger charge is -2.11. The third-order valence-electron chi connectivity index (χ3n) is 2.68. The molecule has 0 spiro atoms. The number of ether oxygens (including phenoxy) is 2. The van der Waals surface area contributed by atoms with Crippen molar-refractivity contribution in [2.75, 3.05) is 19.8 Å². The minimum atomic E-state index is 0.143. The summed E-state index contributed by atoms with van der Waals surface area (Å²) in [6.07, 6.45) is 1.80. The zero-order chi connectivity index (χ0) is 13.4. The lowest BCUT2D eigenvalue weighted by atomic mass is 10.2. The molecule has 4 heteroatoms. The van der Waals surface area contributed by atoms with Crippen LogP contribution < -0.4 is 10.5 Å². The quantitative estimate of drug-likeness (QED) is 0.739. The molecule has 1 rings (SSSR count). The minimum absolute atomic E-state index is 0.143. The van der Waals surface area contributed by atoms with Gasteiger partial charge >= 0.3 is 0 Å². The van der Waals surface area contributed by atoms with E-state index in [0.29, 0.717) is 19.8 Å². The first-order valence-electron chi connectivity index (χ1n) is 6.35. The van der Waals surface area contributed by atoms with Gasteiger partial charge in [-0.1, -0.05) is 18.5 Å². The van der Waals surface area contributed by atoms with Gasteiger partial charge in [0.1, 0.15) is 5.75 Å². The molecule has 0 heterocycles. The maximum absolute atomic E-state index is 5.88. The van der Waals surface area contributed by atoms with Crippen LogP contribution in [0.25, 0.3) is 0 Å². The smallest absolute Gasteiger partial charge is 0.122 e. The Kier molecular flexibility index (Phi) is 7.09. The molecular weight excluding hydrogens is 250 g/mol. The van der Waals surface area contributed by atoms with E-state index in [2.05, 4.69) is 6.92 Å². The fourth-order valence-corrected chi connectivity index (χ4v) is 1.70. The zero-order valence-electron chi connectivity index (χ0n) is 11.1. The predicted octanol–water partition coefficient (Wildman–Crippen LogP) is 3.17. The Bertz CT molecular complexity index is 358. The number of benzene rings is 1. The van der Waals surface area contributed by atoms with Gasteiger partial charge in [-0.05, 0) is 37.1 Å². The van der Waals surface area contributed by atoms with Crippen LogP contribution in [0.1, 0.15) is 25.3 Å². The van der Waals surface area contributed by atoms with E-state index < -0.39 is 0 Å². The van der Waals surface area contributed by atoms with Gasteiger partial charge in [0.25, 0.3) is 0 Å². The lowest BCUT2D eigenvalue weighted by Crippen LogP contribution is -2.25.